The molecule has 17 rings (SSSR count). The Balaban J connectivity index is 0.00000193. The van der Waals surface area contributed by atoms with Gasteiger partial charge >= 0.3 is 225 Å². The van der Waals surface area contributed by atoms with Crippen LogP contribution in [-0.4, -0.2) is 204 Å². The average molecular weight is 1400 g/mol. The number of aromatic amines is 2. The van der Waals surface area contributed by atoms with Crippen LogP contribution < -0.4 is 206 Å². The van der Waals surface area contributed by atoms with Gasteiger partial charge in [0, 0.05) is 44.3 Å². The third-order valence-corrected chi connectivity index (χ3v) is 22.2. The fourth-order valence-electron chi connectivity index (χ4n) is 15.4. The average Bonchev–Trinajstić information content (AvgIpc) is 1.52. The molecule has 4 nitrogen and oxygen atoms in total. The van der Waals surface area contributed by atoms with Gasteiger partial charge in [0.2, 0.25) is 0 Å². The summed E-state index contributed by atoms with van der Waals surface area (Å²) >= 11 is 0. The first kappa shape index (κ1) is 82.7. The molecule has 0 aliphatic carbocycles. The summed E-state index contributed by atoms with van der Waals surface area (Å²) in [6, 6.07) is 34.8. The van der Waals surface area contributed by atoms with E-state index >= 15 is 0 Å². The van der Waals surface area contributed by atoms with E-state index in [2.05, 4.69) is 131 Å². The summed E-state index contributed by atoms with van der Waals surface area (Å²) in [6.45, 7) is 0. The summed E-state index contributed by atoms with van der Waals surface area (Å²) in [4.78, 5) is 19.6. The number of benzene rings is 4. The van der Waals surface area contributed by atoms with Gasteiger partial charge in [-0.05, 0) is 167 Å². The number of fused-ring (bicyclic) bond motifs is 8. The Morgan fingerprint density at radius 1 is 0.267 bits per heavy atom. The Morgan fingerprint density at radius 3 is 0.614 bits per heavy atom. The molecule has 10 aliphatic rings. The van der Waals surface area contributed by atoms with Gasteiger partial charge in [0.05, 0.1) is 207 Å². The Hall–Kier alpha value is 2.21. The molecular formula is C68H46B24K4N4Zn+6. The van der Waals surface area contributed by atoms with Gasteiger partial charge in [0.1, 0.15) is 0 Å². The van der Waals surface area contributed by atoms with Crippen LogP contribution in [0.15, 0.2) is 97.1 Å². The van der Waals surface area contributed by atoms with Gasteiger partial charge in [-0.3, -0.25) is 0 Å². The number of H-pyrrole nitrogens is 2. The normalized spacial score (nSPS) is 32.8. The number of aromatic nitrogens is 4. The Labute approximate surface area is 808 Å². The van der Waals surface area contributed by atoms with Gasteiger partial charge in [-0.15, -0.1) is 45.7 Å². The van der Waals surface area contributed by atoms with Gasteiger partial charge in [-0.1, -0.05) is 115 Å². The van der Waals surface area contributed by atoms with Crippen LogP contribution in [0, 0.1) is 0 Å². The number of nitrogens with one attached hydrogen (secondary N) is 2. The zero-order valence-corrected chi connectivity index (χ0v) is 73.7. The summed E-state index contributed by atoms with van der Waals surface area (Å²) < 4.78 is 0. The van der Waals surface area contributed by atoms with Crippen molar-refractivity contribution < 1.29 is 225 Å². The predicted molar refractivity (Wildman–Crippen MR) is 420 cm³/mol. The van der Waals surface area contributed by atoms with E-state index in [0.29, 0.717) is 74.1 Å². The van der Waals surface area contributed by atoms with Crippen molar-refractivity contribution in [1.82, 2.24) is 19.9 Å². The second-order valence-corrected chi connectivity index (χ2v) is 30.5. The zero-order valence-electron chi connectivity index (χ0n) is 58.3. The van der Waals surface area contributed by atoms with Crippen LogP contribution in [0.25, 0.3) is 90.9 Å². The maximum Gasteiger partial charge on any atom is 2.00 e. The SMILES string of the molecule is [B]C1[B]C1([B])Cc1cc(CC2([B])[B]C2[B])cc(-c2c3nc(c(-c4cc(CC5([B])[B]C5[B])cc(CC5([B])[B]C5[B])c4)c4ccc([nH]4)c(-c4cc(CC5([B])[B]C5[B])cc(CC5([B])[B]C5[B])c4)c4ccc([nH]4)c(-c4cc(CC5([B])[B]C5[B])cc(CC5([B])[B]C5[B])c4)c4nc2C=C4)C=C3)c1.[K+].[K+].[K+].[K+].[Zn+2]. The molecule has 3 aromatic heterocycles. The molecule has 2 N–H and O–H groups in total. The molecule has 0 saturated carbocycles. The molecule has 16 atom stereocenters. The van der Waals surface area contributed by atoms with Crippen LogP contribution in [0.1, 0.15) is 67.3 Å². The van der Waals surface area contributed by atoms with Crippen molar-refractivity contribution in [3.8, 4) is 44.5 Å². The number of hydrogen-bond donors (Lipinski definition) is 2. The van der Waals surface area contributed by atoms with E-state index in [0.717, 1.165) is 111 Å². The first-order valence-corrected chi connectivity index (χ1v) is 33.4. The Bertz CT molecular complexity index is 4400. The molecule has 40 radical (unpaired) electrons. The van der Waals surface area contributed by atoms with Crippen molar-refractivity contribution in [3.05, 3.63) is 164 Å². The fraction of sp³-hybridized carbons (Fsp3) is 0.353. The maximum absolute atomic E-state index is 6.96. The standard InChI is InChI=1S/C68H46B24N4.4K.Zn/c69-53-61(77,85-53)21-29-9-30(22-62(78)54(70)86-62)14-37(13-29)49-41-1-2-42(93-41)50(38-15-31(23-63(79)55(71)87-63)10-32(16-38)24-64(80)56(72)88-64)44-5-6-46(95-44)52(40-19-35(27-67(83)59(75)91-67)12-36(20-40)28-68(84)60(76)92-68)48-8-7-47(96-48)51(45-4-3-43(49)94-45)39-17-33(25-65(81)57(73)89-65)11-34(18-39)26-66(82)58(74)90-66;;;;;/h1-20,53-60,93-94H,21-28H2;;;;;/q;4*+1;+2. The van der Waals surface area contributed by atoms with E-state index in [-0.39, 0.29) is 271 Å². The van der Waals surface area contributed by atoms with Crippen LogP contribution in [0.4, 0.5) is 0 Å². The quantitative estimate of drug-likeness (QED) is 0.0754. The van der Waals surface area contributed by atoms with Gasteiger partial charge in [-0.25, -0.2) is 9.97 Å². The van der Waals surface area contributed by atoms with Crippen molar-refractivity contribution in [1.29, 1.82) is 0 Å². The van der Waals surface area contributed by atoms with E-state index < -0.39 is 41.7 Å². The van der Waals surface area contributed by atoms with E-state index in [4.69, 9.17) is 136 Å². The molecule has 0 amide bonds. The number of hydrogen-bond acceptors (Lipinski definition) is 2. The largest absolute Gasteiger partial charge is 2.00 e. The summed E-state index contributed by atoms with van der Waals surface area (Å²) in [6.07, 6.45) is 12.4. The van der Waals surface area contributed by atoms with Gasteiger partial charge < -0.3 is 9.97 Å². The topological polar surface area (TPSA) is 57.4 Å². The summed E-state index contributed by atoms with van der Waals surface area (Å²) in [5.74, 6) is 0. The number of nitrogens with zero attached hydrogens (tertiary/aromatic N) is 2. The van der Waals surface area contributed by atoms with Crippen LogP contribution in [-0.2, 0) is 70.8 Å². The third kappa shape index (κ3) is 16.9. The first-order valence-electron chi connectivity index (χ1n) is 33.4. The molecule has 8 saturated heterocycles. The van der Waals surface area contributed by atoms with E-state index in [1.165, 1.54) is 0 Å². The molecular weight excluding hydrogens is 1350 g/mol. The molecule has 8 bridgehead atoms. The van der Waals surface area contributed by atoms with Crippen LogP contribution in [0.3, 0.4) is 0 Å². The monoisotopic (exact) mass is 1400 g/mol. The first-order chi connectivity index (χ1) is 45.4. The minimum atomic E-state index is -0.689. The molecule has 410 valence electrons. The van der Waals surface area contributed by atoms with Crippen LogP contribution in [0.5, 0.6) is 0 Å². The summed E-state index contributed by atoms with van der Waals surface area (Å²) in [5, 5.41) is -5.47. The maximum atomic E-state index is 6.96. The smallest absolute Gasteiger partial charge is 0.354 e. The van der Waals surface area contributed by atoms with Crippen LogP contribution >= 0.6 is 0 Å². The Kier molecular flexibility index (Phi) is 24.7. The van der Waals surface area contributed by atoms with Crippen molar-refractivity contribution in [2.24, 2.45) is 0 Å². The van der Waals surface area contributed by atoms with Crippen molar-refractivity contribution in [2.45, 2.75) is 139 Å². The van der Waals surface area contributed by atoms with Gasteiger partial charge in [0.25, 0.3) is 0 Å². The minimum absolute atomic E-state index is 0. The predicted octanol–water partition coefficient (Wildman–Crippen LogP) is -4.99. The van der Waals surface area contributed by atoms with E-state index in [1.807, 2.05) is 58.2 Å². The molecule has 8 fully saturated rings. The van der Waals surface area contributed by atoms with Crippen molar-refractivity contribution in [3.63, 3.8) is 0 Å². The van der Waals surface area contributed by atoms with Crippen molar-refractivity contribution in [2.75, 3.05) is 0 Å². The molecule has 10 aliphatic heterocycles. The number of rotatable bonds is 20. The summed E-state index contributed by atoms with van der Waals surface area (Å²) in [7, 11) is 124. The van der Waals surface area contributed by atoms with Crippen LogP contribution in [0.2, 0.25) is 87.4 Å². The molecule has 33 heteroatoms. The molecule has 13 heterocycles. The third-order valence-electron chi connectivity index (χ3n) is 22.2. The second kappa shape index (κ2) is 30.2. The Morgan fingerprint density at radius 2 is 0.426 bits per heavy atom. The van der Waals surface area contributed by atoms with Crippen molar-refractivity contribution >= 4 is 230 Å². The molecule has 4 aromatic carbocycles. The van der Waals surface area contributed by atoms with Gasteiger partial charge in [-0.2, -0.15) is 0 Å². The second-order valence-electron chi connectivity index (χ2n) is 30.5. The molecule has 7 aromatic rings. The van der Waals surface area contributed by atoms with E-state index in [1.54, 1.807) is 0 Å². The van der Waals surface area contributed by atoms with Gasteiger partial charge in [0.15, 0.2) is 0 Å². The van der Waals surface area contributed by atoms with E-state index in [9.17, 15) is 0 Å². The summed E-state index contributed by atoms with van der Waals surface area (Å²) in [5.41, 5.74) is 18.7. The molecule has 101 heavy (non-hydrogen) atoms. The zero-order chi connectivity index (χ0) is 66.8. The molecule has 0 spiro atoms. The minimum Gasteiger partial charge on any atom is -0.354 e. The fourth-order valence-corrected chi connectivity index (χ4v) is 15.4. The molecule has 16 unspecified atom stereocenters.